The predicted octanol–water partition coefficient (Wildman–Crippen LogP) is 2.90. The van der Waals surface area contributed by atoms with Gasteiger partial charge < -0.3 is 5.84 Å². The summed E-state index contributed by atoms with van der Waals surface area (Å²) >= 11 is 11.9. The normalized spacial score (nSPS) is 9.95. The van der Waals surface area contributed by atoms with Crippen molar-refractivity contribution in [2.75, 3.05) is 11.3 Å². The standard InChI is InChI=1S/C10H10Cl2N6.2ClH/c1-6-15-17-10(18(6)13)16-14-5-7-3-2-4-8(11)9(7)12;;/h2-5H,13H2,1H3,(H,16,17);2*1H/b14-5+;;. The molecule has 0 atom stereocenters. The summed E-state index contributed by atoms with van der Waals surface area (Å²) < 4.78 is 1.29. The molecule has 6 nitrogen and oxygen atoms in total. The van der Waals surface area contributed by atoms with Gasteiger partial charge in [0.25, 0.3) is 5.95 Å². The average Bonchev–Trinajstić information content (AvgIpc) is 2.66. The minimum absolute atomic E-state index is 0. The molecule has 0 aliphatic rings. The molecule has 0 unspecified atom stereocenters. The Balaban J connectivity index is 0.00000180. The van der Waals surface area contributed by atoms with Crippen LogP contribution in [-0.2, 0) is 0 Å². The maximum atomic E-state index is 6.00. The number of anilines is 1. The largest absolute Gasteiger partial charge is 0.335 e. The number of aryl methyl sites for hydroxylation is 1. The maximum absolute atomic E-state index is 6.00. The minimum Gasteiger partial charge on any atom is -0.335 e. The van der Waals surface area contributed by atoms with Crippen LogP contribution in [0.4, 0.5) is 5.95 Å². The predicted molar refractivity (Wildman–Crippen MR) is 87.1 cm³/mol. The third-order valence-electron chi connectivity index (χ3n) is 2.22. The van der Waals surface area contributed by atoms with E-state index in [1.165, 1.54) is 10.9 Å². The maximum Gasteiger partial charge on any atom is 0.263 e. The van der Waals surface area contributed by atoms with Crippen LogP contribution in [0.5, 0.6) is 0 Å². The molecular formula is C10H12Cl4N6. The van der Waals surface area contributed by atoms with Gasteiger partial charge in [-0.05, 0) is 13.0 Å². The molecule has 110 valence electrons. The van der Waals surface area contributed by atoms with Crippen molar-refractivity contribution in [3.63, 3.8) is 0 Å². The fraction of sp³-hybridized carbons (Fsp3) is 0.100. The molecule has 0 saturated heterocycles. The van der Waals surface area contributed by atoms with Gasteiger partial charge in [0.2, 0.25) is 0 Å². The van der Waals surface area contributed by atoms with Gasteiger partial charge in [0.1, 0.15) is 0 Å². The minimum atomic E-state index is 0. The number of nitrogens with zero attached hydrogens (tertiary/aromatic N) is 4. The van der Waals surface area contributed by atoms with E-state index in [-0.39, 0.29) is 24.8 Å². The molecule has 0 aliphatic carbocycles. The number of aromatic nitrogens is 3. The van der Waals surface area contributed by atoms with Crippen molar-refractivity contribution in [2.45, 2.75) is 6.92 Å². The van der Waals surface area contributed by atoms with Gasteiger partial charge in [-0.3, -0.25) is 0 Å². The molecule has 2 rings (SSSR count). The Hall–Kier alpha value is -1.21. The highest BCUT2D eigenvalue weighted by molar-refractivity contribution is 6.43. The van der Waals surface area contributed by atoms with Crippen LogP contribution in [0.15, 0.2) is 23.3 Å². The Bertz CT molecular complexity index is 597. The number of hydrogen-bond acceptors (Lipinski definition) is 5. The van der Waals surface area contributed by atoms with Gasteiger partial charge in [0, 0.05) is 5.56 Å². The first-order valence-electron chi connectivity index (χ1n) is 5.00. The Morgan fingerprint density at radius 2 is 2.00 bits per heavy atom. The smallest absolute Gasteiger partial charge is 0.263 e. The molecule has 1 aromatic carbocycles. The summed E-state index contributed by atoms with van der Waals surface area (Å²) in [6.45, 7) is 1.73. The quantitative estimate of drug-likeness (QED) is 0.502. The number of nitrogens with one attached hydrogen (secondary N) is 1. The molecular weight excluding hydrogens is 346 g/mol. The van der Waals surface area contributed by atoms with Crippen LogP contribution in [0.2, 0.25) is 10.0 Å². The van der Waals surface area contributed by atoms with Gasteiger partial charge in [-0.2, -0.15) is 5.10 Å². The zero-order valence-electron chi connectivity index (χ0n) is 10.2. The lowest BCUT2D eigenvalue weighted by Crippen LogP contribution is -2.13. The number of nitrogens with two attached hydrogens (primary N) is 1. The first kappa shape index (κ1) is 18.8. The average molecular weight is 358 g/mol. The first-order chi connectivity index (χ1) is 8.59. The first-order valence-corrected chi connectivity index (χ1v) is 5.75. The van der Waals surface area contributed by atoms with Crippen molar-refractivity contribution in [3.05, 3.63) is 39.6 Å². The van der Waals surface area contributed by atoms with E-state index in [4.69, 9.17) is 29.0 Å². The number of nitrogen functional groups attached to an aromatic ring is 1. The molecule has 1 aromatic heterocycles. The molecule has 10 heteroatoms. The molecule has 0 spiro atoms. The third kappa shape index (κ3) is 4.14. The lowest BCUT2D eigenvalue weighted by molar-refractivity contribution is 0.926. The summed E-state index contributed by atoms with van der Waals surface area (Å²) in [5.74, 6) is 6.56. The summed E-state index contributed by atoms with van der Waals surface area (Å²) in [6, 6.07) is 5.28. The second kappa shape index (κ2) is 8.16. The Labute approximate surface area is 138 Å². The van der Waals surface area contributed by atoms with Crippen molar-refractivity contribution in [3.8, 4) is 0 Å². The van der Waals surface area contributed by atoms with Crippen LogP contribution < -0.4 is 11.3 Å². The van der Waals surface area contributed by atoms with E-state index in [2.05, 4.69) is 20.7 Å². The van der Waals surface area contributed by atoms with E-state index < -0.39 is 0 Å². The lowest BCUT2D eigenvalue weighted by atomic mass is 10.2. The van der Waals surface area contributed by atoms with Gasteiger partial charge in [0.05, 0.1) is 16.3 Å². The fourth-order valence-corrected chi connectivity index (χ4v) is 1.58. The summed E-state index contributed by atoms with van der Waals surface area (Å²) in [5.41, 5.74) is 3.35. The van der Waals surface area contributed by atoms with Crippen LogP contribution in [-0.4, -0.2) is 21.1 Å². The van der Waals surface area contributed by atoms with Crippen molar-refractivity contribution in [2.24, 2.45) is 5.10 Å². The van der Waals surface area contributed by atoms with Crippen LogP contribution >= 0.6 is 48.0 Å². The van der Waals surface area contributed by atoms with Crippen LogP contribution in [0.1, 0.15) is 11.4 Å². The molecule has 1 heterocycles. The molecule has 0 aliphatic heterocycles. The number of hydrogen-bond donors (Lipinski definition) is 2. The van der Waals surface area contributed by atoms with E-state index in [0.717, 1.165) is 0 Å². The van der Waals surface area contributed by atoms with Crippen LogP contribution in [0.25, 0.3) is 0 Å². The Morgan fingerprint density at radius 3 is 2.60 bits per heavy atom. The number of hydrazone groups is 1. The molecule has 0 bridgehead atoms. The van der Waals surface area contributed by atoms with Gasteiger partial charge >= 0.3 is 0 Å². The van der Waals surface area contributed by atoms with Crippen LogP contribution in [0.3, 0.4) is 0 Å². The molecule has 0 saturated carbocycles. The van der Waals surface area contributed by atoms with E-state index in [9.17, 15) is 0 Å². The van der Waals surface area contributed by atoms with E-state index in [1.54, 1.807) is 25.1 Å². The zero-order valence-corrected chi connectivity index (χ0v) is 13.4. The van der Waals surface area contributed by atoms with Crippen molar-refractivity contribution < 1.29 is 0 Å². The lowest BCUT2D eigenvalue weighted by Gasteiger charge is -2.01. The number of rotatable bonds is 3. The SMILES string of the molecule is Cc1nnc(N/N=C/c2cccc(Cl)c2Cl)n1N.Cl.Cl. The number of halogens is 4. The Kier molecular flexibility index (Phi) is 7.67. The Morgan fingerprint density at radius 1 is 1.30 bits per heavy atom. The monoisotopic (exact) mass is 356 g/mol. The molecule has 0 radical (unpaired) electrons. The topological polar surface area (TPSA) is 81.1 Å². The molecule has 0 fully saturated rings. The van der Waals surface area contributed by atoms with Gasteiger partial charge in [-0.1, -0.05) is 35.3 Å². The van der Waals surface area contributed by atoms with Crippen LogP contribution in [0, 0.1) is 6.92 Å². The second-order valence-electron chi connectivity index (χ2n) is 3.45. The fourth-order valence-electron chi connectivity index (χ4n) is 1.23. The summed E-state index contributed by atoms with van der Waals surface area (Å²) in [7, 11) is 0. The molecule has 3 N–H and O–H groups in total. The highest BCUT2D eigenvalue weighted by Crippen LogP contribution is 2.24. The molecule has 2 aromatic rings. The van der Waals surface area contributed by atoms with Crippen molar-refractivity contribution in [1.82, 2.24) is 14.9 Å². The van der Waals surface area contributed by atoms with E-state index in [1.807, 2.05) is 0 Å². The van der Waals surface area contributed by atoms with Gasteiger partial charge in [-0.15, -0.1) is 35.0 Å². The second-order valence-corrected chi connectivity index (χ2v) is 4.24. The highest BCUT2D eigenvalue weighted by Gasteiger charge is 2.04. The van der Waals surface area contributed by atoms with E-state index in [0.29, 0.717) is 27.4 Å². The zero-order chi connectivity index (χ0) is 13.1. The summed E-state index contributed by atoms with van der Waals surface area (Å²) in [6.07, 6.45) is 1.53. The molecule has 0 amide bonds. The van der Waals surface area contributed by atoms with Crippen molar-refractivity contribution in [1.29, 1.82) is 0 Å². The summed E-state index contributed by atoms with van der Waals surface area (Å²) in [4.78, 5) is 0. The summed E-state index contributed by atoms with van der Waals surface area (Å²) in [5, 5.41) is 12.4. The van der Waals surface area contributed by atoms with E-state index >= 15 is 0 Å². The number of benzene rings is 1. The highest BCUT2D eigenvalue weighted by atomic mass is 35.5. The third-order valence-corrected chi connectivity index (χ3v) is 3.05. The van der Waals surface area contributed by atoms with Gasteiger partial charge in [0.15, 0.2) is 5.82 Å². The van der Waals surface area contributed by atoms with Gasteiger partial charge in [-0.25, -0.2) is 10.1 Å². The molecule has 20 heavy (non-hydrogen) atoms. The van der Waals surface area contributed by atoms with Crippen molar-refractivity contribution >= 4 is 60.2 Å².